The molecular formula is C25H40ClN5O. The highest BCUT2D eigenvalue weighted by molar-refractivity contribution is 6.31. The summed E-state index contributed by atoms with van der Waals surface area (Å²) < 4.78 is 0. The van der Waals surface area contributed by atoms with E-state index < -0.39 is 0 Å². The van der Waals surface area contributed by atoms with Crippen LogP contribution < -0.4 is 15.5 Å². The first-order valence-corrected chi connectivity index (χ1v) is 12.2. The average molecular weight is 462 g/mol. The number of amides is 1. The van der Waals surface area contributed by atoms with E-state index in [0.29, 0.717) is 11.8 Å². The molecule has 1 heterocycles. The van der Waals surface area contributed by atoms with Crippen molar-refractivity contribution in [2.24, 2.45) is 11.8 Å². The lowest BCUT2D eigenvalue weighted by atomic mass is 10.1. The monoisotopic (exact) mass is 461 g/mol. The third kappa shape index (κ3) is 8.83. The lowest BCUT2D eigenvalue weighted by Gasteiger charge is -2.27. The number of fused-ring (bicyclic) bond motifs is 1. The third-order valence-corrected chi connectivity index (χ3v) is 5.81. The normalized spacial score (nSPS) is 11.5. The van der Waals surface area contributed by atoms with Crippen LogP contribution in [0.3, 0.4) is 0 Å². The van der Waals surface area contributed by atoms with Crippen LogP contribution in [0.5, 0.6) is 0 Å². The van der Waals surface area contributed by atoms with Crippen molar-refractivity contribution in [1.82, 2.24) is 15.6 Å². The predicted octanol–water partition coefficient (Wildman–Crippen LogP) is 5.36. The van der Waals surface area contributed by atoms with Crippen LogP contribution in [0.2, 0.25) is 5.02 Å². The van der Waals surface area contributed by atoms with Crippen molar-refractivity contribution in [3.05, 3.63) is 28.9 Å². The van der Waals surface area contributed by atoms with E-state index in [4.69, 9.17) is 17.0 Å². The predicted molar refractivity (Wildman–Crippen MR) is 137 cm³/mol. The number of rotatable bonds is 15. The molecule has 0 aliphatic carbocycles. The second-order valence-electron chi connectivity index (χ2n) is 9.38. The number of nitrogens with one attached hydrogen (secondary N) is 4. The summed E-state index contributed by atoms with van der Waals surface area (Å²) in [5, 5.41) is 14.3. The van der Waals surface area contributed by atoms with Gasteiger partial charge in [0.05, 0.1) is 24.1 Å². The van der Waals surface area contributed by atoms with Gasteiger partial charge in [-0.25, -0.2) is 0 Å². The molecule has 0 atom stereocenters. The molecule has 1 aromatic heterocycles. The van der Waals surface area contributed by atoms with E-state index in [2.05, 4.69) is 60.3 Å². The molecule has 7 heteroatoms. The summed E-state index contributed by atoms with van der Waals surface area (Å²) in [4.78, 5) is 17.5. The van der Waals surface area contributed by atoms with E-state index in [1.54, 1.807) is 0 Å². The molecule has 0 fully saturated rings. The van der Waals surface area contributed by atoms with Gasteiger partial charge in [-0.2, -0.15) is 0 Å². The van der Waals surface area contributed by atoms with Gasteiger partial charge in [0, 0.05) is 29.2 Å². The van der Waals surface area contributed by atoms with Crippen LogP contribution >= 0.6 is 11.6 Å². The fourth-order valence-electron chi connectivity index (χ4n) is 3.71. The van der Waals surface area contributed by atoms with Gasteiger partial charge >= 0.3 is 0 Å². The quantitative estimate of drug-likeness (QED) is 0.164. The Labute approximate surface area is 198 Å². The maximum atomic E-state index is 11.3. The van der Waals surface area contributed by atoms with Crippen LogP contribution in [-0.2, 0) is 11.2 Å². The molecular weight excluding hydrogens is 422 g/mol. The van der Waals surface area contributed by atoms with Gasteiger partial charge in [0.2, 0.25) is 5.91 Å². The van der Waals surface area contributed by atoms with Crippen LogP contribution in [-0.4, -0.2) is 43.4 Å². The van der Waals surface area contributed by atoms with E-state index in [-0.39, 0.29) is 12.5 Å². The van der Waals surface area contributed by atoms with Gasteiger partial charge in [-0.3, -0.25) is 10.2 Å². The SMILES string of the molecule is CC(C)CCN(CCC(C)C)c1cc(Cl)cc2cc(CCCCNCC(=O)NC=N)[nH]c12. The topological polar surface area (TPSA) is 84.0 Å². The van der Waals surface area contributed by atoms with Gasteiger partial charge in [-0.15, -0.1) is 0 Å². The Morgan fingerprint density at radius 3 is 2.44 bits per heavy atom. The summed E-state index contributed by atoms with van der Waals surface area (Å²) >= 11 is 6.52. The first-order valence-electron chi connectivity index (χ1n) is 11.8. The van der Waals surface area contributed by atoms with E-state index in [0.717, 1.165) is 63.1 Å². The number of aromatic nitrogens is 1. The molecule has 6 nitrogen and oxygen atoms in total. The molecule has 1 aromatic carbocycles. The minimum absolute atomic E-state index is 0.181. The maximum absolute atomic E-state index is 11.3. The Bertz CT molecular complexity index is 849. The number of hydrogen-bond donors (Lipinski definition) is 4. The lowest BCUT2D eigenvalue weighted by molar-refractivity contribution is -0.118. The van der Waals surface area contributed by atoms with E-state index in [1.165, 1.54) is 22.3 Å². The first kappa shape index (κ1) is 26.2. The third-order valence-electron chi connectivity index (χ3n) is 5.59. The van der Waals surface area contributed by atoms with E-state index in [1.807, 2.05) is 6.07 Å². The molecule has 32 heavy (non-hydrogen) atoms. The molecule has 0 unspecified atom stereocenters. The summed E-state index contributed by atoms with van der Waals surface area (Å²) in [6, 6.07) is 6.37. The van der Waals surface area contributed by atoms with Crippen LogP contribution in [0, 0.1) is 17.2 Å². The van der Waals surface area contributed by atoms with Gasteiger partial charge in [0.25, 0.3) is 0 Å². The van der Waals surface area contributed by atoms with Gasteiger partial charge in [0.1, 0.15) is 0 Å². The molecule has 0 aliphatic rings. The largest absolute Gasteiger partial charge is 0.370 e. The van der Waals surface area contributed by atoms with Gasteiger partial charge in [0.15, 0.2) is 0 Å². The second-order valence-corrected chi connectivity index (χ2v) is 9.82. The van der Waals surface area contributed by atoms with Crippen LogP contribution in [0.1, 0.15) is 59.1 Å². The highest BCUT2D eigenvalue weighted by Gasteiger charge is 2.15. The van der Waals surface area contributed by atoms with Crippen molar-refractivity contribution in [3.63, 3.8) is 0 Å². The molecule has 1 amide bonds. The zero-order chi connectivity index (χ0) is 23.5. The zero-order valence-corrected chi connectivity index (χ0v) is 20.8. The average Bonchev–Trinajstić information content (AvgIpc) is 3.12. The number of H-pyrrole nitrogens is 1. The van der Waals surface area contributed by atoms with Crippen molar-refractivity contribution in [3.8, 4) is 0 Å². The van der Waals surface area contributed by atoms with Crippen molar-refractivity contribution >= 4 is 40.4 Å². The number of nitrogens with zero attached hydrogens (tertiary/aromatic N) is 1. The molecule has 0 aliphatic heterocycles. The standard InChI is InChI=1S/C25H40ClN5O/c1-18(2)8-11-31(12-9-19(3)4)23-15-21(26)13-20-14-22(30-25(20)23)7-5-6-10-28-16-24(32)29-17-27/h13-15,17-19,28,30H,5-12,16H2,1-4H3,(H2,27,29,32). The van der Waals surface area contributed by atoms with Crippen molar-refractivity contribution in [1.29, 1.82) is 5.41 Å². The number of halogens is 1. The summed E-state index contributed by atoms with van der Waals surface area (Å²) in [7, 11) is 0. The van der Waals surface area contributed by atoms with Crippen LogP contribution in [0.25, 0.3) is 10.9 Å². The Balaban J connectivity index is 2.04. The molecule has 0 spiro atoms. The molecule has 178 valence electrons. The molecule has 0 saturated carbocycles. The van der Waals surface area contributed by atoms with Crippen LogP contribution in [0.15, 0.2) is 18.2 Å². The van der Waals surface area contributed by atoms with Crippen molar-refractivity contribution < 1.29 is 4.79 Å². The van der Waals surface area contributed by atoms with E-state index >= 15 is 0 Å². The summed E-state index contributed by atoms with van der Waals surface area (Å²) in [6.45, 7) is 12.2. The highest BCUT2D eigenvalue weighted by atomic mass is 35.5. The molecule has 0 radical (unpaired) electrons. The number of aryl methyl sites for hydroxylation is 1. The first-order chi connectivity index (χ1) is 15.3. The van der Waals surface area contributed by atoms with Crippen molar-refractivity contribution in [2.45, 2.75) is 59.8 Å². The number of aromatic amines is 1. The number of hydrogen-bond acceptors (Lipinski definition) is 4. The molecule has 2 rings (SSSR count). The Morgan fingerprint density at radius 1 is 1.12 bits per heavy atom. The van der Waals surface area contributed by atoms with Gasteiger partial charge < -0.3 is 20.5 Å². The fraction of sp³-hybridized carbons (Fsp3) is 0.600. The summed E-state index contributed by atoms with van der Waals surface area (Å²) in [5.74, 6) is 1.14. The minimum Gasteiger partial charge on any atom is -0.370 e. The summed E-state index contributed by atoms with van der Waals surface area (Å²) in [6.07, 6.45) is 6.19. The van der Waals surface area contributed by atoms with E-state index in [9.17, 15) is 4.79 Å². The Kier molecular flexibility index (Phi) is 11.0. The minimum atomic E-state index is -0.181. The molecule has 0 bridgehead atoms. The maximum Gasteiger partial charge on any atom is 0.239 e. The Morgan fingerprint density at radius 2 is 1.81 bits per heavy atom. The number of carbonyl (C=O) groups excluding carboxylic acids is 1. The summed E-state index contributed by atoms with van der Waals surface area (Å²) in [5.41, 5.74) is 3.61. The molecule has 0 saturated heterocycles. The molecule has 2 aromatic rings. The fourth-order valence-corrected chi connectivity index (χ4v) is 3.93. The van der Waals surface area contributed by atoms with Crippen molar-refractivity contribution in [2.75, 3.05) is 31.1 Å². The smallest absolute Gasteiger partial charge is 0.239 e. The number of anilines is 1. The zero-order valence-electron chi connectivity index (χ0n) is 20.1. The number of benzene rings is 1. The van der Waals surface area contributed by atoms with Gasteiger partial charge in [-0.1, -0.05) is 39.3 Å². The second kappa shape index (κ2) is 13.5. The van der Waals surface area contributed by atoms with Gasteiger partial charge in [-0.05, 0) is 68.7 Å². The Hall–Kier alpha value is -2.05. The number of unbranched alkanes of at least 4 members (excludes halogenated alkanes) is 1. The highest BCUT2D eigenvalue weighted by Crippen LogP contribution is 2.32. The molecule has 4 N–H and O–H groups in total. The van der Waals surface area contributed by atoms with Crippen LogP contribution in [0.4, 0.5) is 5.69 Å². The lowest BCUT2D eigenvalue weighted by Crippen LogP contribution is -2.33. The number of carbonyl (C=O) groups is 1.